The van der Waals surface area contributed by atoms with E-state index in [1.165, 1.54) is 0 Å². The van der Waals surface area contributed by atoms with Crippen LogP contribution in [0.25, 0.3) is 0 Å². The number of ether oxygens (including phenoxy) is 3. The lowest BCUT2D eigenvalue weighted by Crippen LogP contribution is -2.37. The van der Waals surface area contributed by atoms with E-state index in [1.54, 1.807) is 13.3 Å². The third kappa shape index (κ3) is 6.17. The molecular weight excluding hydrogens is 410 g/mol. The quantitative estimate of drug-likeness (QED) is 0.472. The van der Waals surface area contributed by atoms with Gasteiger partial charge >= 0.3 is 6.01 Å². The summed E-state index contributed by atoms with van der Waals surface area (Å²) in [6.45, 7) is 3.40. The van der Waals surface area contributed by atoms with Gasteiger partial charge < -0.3 is 19.1 Å². The number of azo groups is 1. The Morgan fingerprint density at radius 3 is 2.78 bits per heavy atom. The first-order chi connectivity index (χ1) is 15.8. The number of pyridine rings is 1. The summed E-state index contributed by atoms with van der Waals surface area (Å²) in [7, 11) is 1.63. The maximum Gasteiger partial charge on any atom is 0.323 e. The zero-order chi connectivity index (χ0) is 22.0. The minimum absolute atomic E-state index is 0.206. The molecule has 2 aromatic heterocycles. The van der Waals surface area contributed by atoms with Gasteiger partial charge in [0.15, 0.2) is 0 Å². The van der Waals surface area contributed by atoms with Crippen LogP contribution in [0.1, 0.15) is 11.3 Å². The molecule has 1 saturated heterocycles. The summed E-state index contributed by atoms with van der Waals surface area (Å²) in [5.41, 5.74) is 1.91. The molecule has 0 aliphatic carbocycles. The van der Waals surface area contributed by atoms with Crippen LogP contribution in [0.2, 0.25) is 0 Å². The van der Waals surface area contributed by atoms with E-state index in [-0.39, 0.29) is 12.0 Å². The van der Waals surface area contributed by atoms with Crippen LogP contribution >= 0.6 is 0 Å². The molecular formula is C22H25N7O3. The fourth-order valence-electron chi connectivity index (χ4n) is 3.09. The van der Waals surface area contributed by atoms with Gasteiger partial charge in [0.2, 0.25) is 5.95 Å². The number of anilines is 1. The molecule has 10 nitrogen and oxygen atoms in total. The van der Waals surface area contributed by atoms with Gasteiger partial charge in [0.1, 0.15) is 5.75 Å². The highest BCUT2D eigenvalue weighted by Gasteiger charge is 2.17. The van der Waals surface area contributed by atoms with E-state index >= 15 is 0 Å². The molecule has 0 radical (unpaired) electrons. The van der Waals surface area contributed by atoms with Crippen molar-refractivity contribution in [3.63, 3.8) is 0 Å². The Hall–Kier alpha value is -3.66. The molecule has 0 spiro atoms. The van der Waals surface area contributed by atoms with E-state index < -0.39 is 0 Å². The smallest absolute Gasteiger partial charge is 0.323 e. The fourth-order valence-corrected chi connectivity index (χ4v) is 3.09. The Bertz CT molecular complexity index is 1030. The molecule has 166 valence electrons. The second kappa shape index (κ2) is 11.1. The van der Waals surface area contributed by atoms with Gasteiger partial charge in [-0.2, -0.15) is 20.1 Å². The summed E-state index contributed by atoms with van der Waals surface area (Å²) in [4.78, 5) is 19.6. The highest BCUT2D eigenvalue weighted by atomic mass is 16.5. The Kier molecular flexibility index (Phi) is 7.48. The summed E-state index contributed by atoms with van der Waals surface area (Å²) in [5.74, 6) is 1.49. The lowest BCUT2D eigenvalue weighted by Gasteiger charge is -2.26. The van der Waals surface area contributed by atoms with Gasteiger partial charge in [-0.3, -0.25) is 4.98 Å². The molecule has 0 saturated carbocycles. The van der Waals surface area contributed by atoms with Crippen LogP contribution in [0, 0.1) is 0 Å². The number of aromatic nitrogens is 4. The number of hydrogen-bond acceptors (Lipinski definition) is 10. The summed E-state index contributed by atoms with van der Waals surface area (Å²) >= 11 is 0. The highest BCUT2D eigenvalue weighted by Crippen LogP contribution is 2.19. The van der Waals surface area contributed by atoms with Crippen LogP contribution in [0.3, 0.4) is 0 Å². The van der Waals surface area contributed by atoms with Gasteiger partial charge in [0.25, 0.3) is 5.95 Å². The van der Waals surface area contributed by atoms with Crippen molar-refractivity contribution < 1.29 is 14.2 Å². The largest absolute Gasteiger partial charge is 0.497 e. The predicted octanol–water partition coefficient (Wildman–Crippen LogP) is 3.02. The molecule has 10 heteroatoms. The second-order valence-electron chi connectivity index (χ2n) is 6.99. The Balaban J connectivity index is 1.47. The van der Waals surface area contributed by atoms with E-state index in [4.69, 9.17) is 14.2 Å². The van der Waals surface area contributed by atoms with Crippen molar-refractivity contribution >= 4 is 11.9 Å². The third-order valence-electron chi connectivity index (χ3n) is 4.75. The van der Waals surface area contributed by atoms with Gasteiger partial charge in [-0.25, -0.2) is 0 Å². The zero-order valence-corrected chi connectivity index (χ0v) is 17.9. The van der Waals surface area contributed by atoms with E-state index in [0.29, 0.717) is 51.8 Å². The number of benzene rings is 1. The molecule has 32 heavy (non-hydrogen) atoms. The fraction of sp³-hybridized carbons (Fsp3) is 0.364. The molecule has 3 heterocycles. The van der Waals surface area contributed by atoms with E-state index in [1.807, 2.05) is 47.4 Å². The standard InChI is InChI=1S/C22H25N7O3/c1-30-19-7-4-5-17(15-19)16-24-28-20-25-21(29-10-13-31-14-11-29)27-22(26-20)32-12-8-18-6-2-3-9-23-18/h2-7,9,15H,8,10-14,16H2,1H3. The minimum atomic E-state index is 0.206. The monoisotopic (exact) mass is 435 g/mol. The molecule has 1 aliphatic rings. The Labute approximate surface area is 186 Å². The van der Waals surface area contributed by atoms with Crippen molar-refractivity contribution in [2.24, 2.45) is 10.2 Å². The van der Waals surface area contributed by atoms with Crippen molar-refractivity contribution in [2.45, 2.75) is 13.0 Å². The van der Waals surface area contributed by atoms with E-state index in [9.17, 15) is 0 Å². The molecule has 4 rings (SSSR count). The maximum absolute atomic E-state index is 5.80. The molecule has 0 unspecified atom stereocenters. The maximum atomic E-state index is 5.80. The van der Waals surface area contributed by atoms with Gasteiger partial charge in [-0.05, 0) is 29.8 Å². The van der Waals surface area contributed by atoms with Crippen LogP contribution in [-0.2, 0) is 17.7 Å². The predicted molar refractivity (Wildman–Crippen MR) is 118 cm³/mol. The lowest BCUT2D eigenvalue weighted by molar-refractivity contribution is 0.122. The van der Waals surface area contributed by atoms with Crippen LogP contribution in [0.4, 0.5) is 11.9 Å². The summed E-state index contributed by atoms with van der Waals surface area (Å²) in [6, 6.07) is 13.7. The van der Waals surface area contributed by atoms with Crippen molar-refractivity contribution in [1.29, 1.82) is 0 Å². The van der Waals surface area contributed by atoms with E-state index in [0.717, 1.165) is 17.0 Å². The summed E-state index contributed by atoms with van der Waals surface area (Å²) in [6.07, 6.45) is 2.40. The first-order valence-corrected chi connectivity index (χ1v) is 10.4. The number of hydrogen-bond donors (Lipinski definition) is 0. The number of morpholine rings is 1. The summed E-state index contributed by atoms with van der Waals surface area (Å²) in [5, 5.41) is 8.46. The van der Waals surface area contributed by atoms with Gasteiger partial charge in [0.05, 0.1) is 33.5 Å². The Morgan fingerprint density at radius 2 is 1.97 bits per heavy atom. The molecule has 1 aromatic carbocycles. The molecule has 3 aromatic rings. The number of methoxy groups -OCH3 is 1. The van der Waals surface area contributed by atoms with Crippen molar-refractivity contribution in [2.75, 3.05) is 44.9 Å². The highest BCUT2D eigenvalue weighted by molar-refractivity contribution is 5.36. The third-order valence-corrected chi connectivity index (χ3v) is 4.75. The average Bonchev–Trinajstić information content (AvgIpc) is 2.85. The molecule has 1 fully saturated rings. The van der Waals surface area contributed by atoms with Crippen LogP contribution < -0.4 is 14.4 Å². The van der Waals surface area contributed by atoms with Gasteiger partial charge in [-0.15, -0.1) is 5.11 Å². The van der Waals surface area contributed by atoms with Crippen LogP contribution in [0.5, 0.6) is 11.8 Å². The van der Waals surface area contributed by atoms with Crippen molar-refractivity contribution in [3.05, 3.63) is 59.9 Å². The van der Waals surface area contributed by atoms with E-state index in [2.05, 4.69) is 30.2 Å². The summed E-state index contributed by atoms with van der Waals surface area (Å²) < 4.78 is 16.5. The van der Waals surface area contributed by atoms with Gasteiger partial charge in [-0.1, -0.05) is 18.2 Å². The molecule has 0 N–H and O–H groups in total. The molecule has 0 atom stereocenters. The Morgan fingerprint density at radius 1 is 1.06 bits per heavy atom. The molecule has 1 aliphatic heterocycles. The first kappa shape index (κ1) is 21.6. The number of rotatable bonds is 9. The van der Waals surface area contributed by atoms with Crippen LogP contribution in [0.15, 0.2) is 58.9 Å². The minimum Gasteiger partial charge on any atom is -0.497 e. The van der Waals surface area contributed by atoms with Gasteiger partial charge in [0, 0.05) is 31.4 Å². The second-order valence-corrected chi connectivity index (χ2v) is 6.99. The van der Waals surface area contributed by atoms with Crippen molar-refractivity contribution in [3.8, 4) is 11.8 Å². The zero-order valence-electron chi connectivity index (χ0n) is 17.9. The average molecular weight is 435 g/mol. The van der Waals surface area contributed by atoms with Crippen molar-refractivity contribution in [1.82, 2.24) is 19.9 Å². The van der Waals surface area contributed by atoms with Crippen LogP contribution in [-0.4, -0.2) is 60.0 Å². The molecule has 0 amide bonds. The lowest BCUT2D eigenvalue weighted by atomic mass is 10.2. The first-order valence-electron chi connectivity index (χ1n) is 10.4. The topological polar surface area (TPSA) is 107 Å². The molecule has 0 bridgehead atoms. The SMILES string of the molecule is COc1cccc(CN=Nc2nc(OCCc3ccccn3)nc(N3CCOCC3)n2)c1. The normalized spacial score (nSPS) is 14.0. The number of nitrogens with zero attached hydrogens (tertiary/aromatic N) is 7.